The summed E-state index contributed by atoms with van der Waals surface area (Å²) >= 11 is 0. The molecule has 0 heterocycles. The molecule has 0 fully saturated rings. The molecule has 0 aliphatic rings. The second-order valence-corrected chi connectivity index (χ2v) is 4.67. The maximum absolute atomic E-state index is 13.2. The smallest absolute Gasteiger partial charge is 0.305 e. The first kappa shape index (κ1) is 17.8. The Kier molecular flexibility index (Phi) is 5.56. The van der Waals surface area contributed by atoms with Crippen molar-refractivity contribution < 1.29 is 28.0 Å². The molecule has 0 aliphatic carbocycles. The van der Waals surface area contributed by atoms with Crippen molar-refractivity contribution in [3.8, 4) is 5.75 Å². The summed E-state index contributed by atoms with van der Waals surface area (Å²) in [5.74, 6) is -2.90. The molecular formula is C15H11F2N3O5. The van der Waals surface area contributed by atoms with E-state index >= 15 is 0 Å². The van der Waals surface area contributed by atoms with Gasteiger partial charge in [0.05, 0.1) is 4.92 Å². The van der Waals surface area contributed by atoms with Gasteiger partial charge in [0.1, 0.15) is 11.6 Å². The Labute approximate surface area is 139 Å². The van der Waals surface area contributed by atoms with E-state index in [-0.39, 0.29) is 11.3 Å². The number of nitrogens with zero attached hydrogens (tertiary/aromatic N) is 1. The predicted molar refractivity (Wildman–Crippen MR) is 80.6 cm³/mol. The average Bonchev–Trinajstić information content (AvgIpc) is 2.59. The van der Waals surface area contributed by atoms with Gasteiger partial charge in [0, 0.05) is 11.6 Å². The number of nitro groups is 1. The number of benzene rings is 2. The highest BCUT2D eigenvalue weighted by atomic mass is 19.1. The van der Waals surface area contributed by atoms with E-state index in [1.165, 1.54) is 12.1 Å². The van der Waals surface area contributed by atoms with Crippen molar-refractivity contribution >= 4 is 17.5 Å². The number of hydrazine groups is 1. The van der Waals surface area contributed by atoms with Gasteiger partial charge in [-0.05, 0) is 36.4 Å². The lowest BCUT2D eigenvalue weighted by Crippen LogP contribution is -2.43. The second kappa shape index (κ2) is 7.81. The fourth-order valence-corrected chi connectivity index (χ4v) is 1.71. The Morgan fingerprint density at radius 1 is 1.08 bits per heavy atom. The Morgan fingerprint density at radius 2 is 1.76 bits per heavy atom. The summed E-state index contributed by atoms with van der Waals surface area (Å²) in [5.41, 5.74) is 2.95. The van der Waals surface area contributed by atoms with Gasteiger partial charge in [0.15, 0.2) is 6.61 Å². The summed E-state index contributed by atoms with van der Waals surface area (Å²) < 4.78 is 31.0. The highest BCUT2D eigenvalue weighted by Gasteiger charge is 2.17. The van der Waals surface area contributed by atoms with Crippen LogP contribution in [0.25, 0.3) is 0 Å². The van der Waals surface area contributed by atoms with Gasteiger partial charge in [-0.1, -0.05) is 0 Å². The Balaban J connectivity index is 1.87. The van der Waals surface area contributed by atoms with Gasteiger partial charge in [-0.3, -0.25) is 30.6 Å². The average molecular weight is 351 g/mol. The van der Waals surface area contributed by atoms with E-state index in [0.29, 0.717) is 0 Å². The van der Waals surface area contributed by atoms with Crippen LogP contribution >= 0.6 is 0 Å². The zero-order valence-electron chi connectivity index (χ0n) is 12.5. The van der Waals surface area contributed by atoms with Crippen LogP contribution in [0.15, 0.2) is 42.5 Å². The summed E-state index contributed by atoms with van der Waals surface area (Å²) in [6.45, 7) is -0.463. The van der Waals surface area contributed by atoms with Crippen molar-refractivity contribution in [1.29, 1.82) is 0 Å². The van der Waals surface area contributed by atoms with E-state index in [2.05, 4.69) is 0 Å². The molecule has 2 aromatic carbocycles. The van der Waals surface area contributed by atoms with E-state index in [4.69, 9.17) is 4.74 Å². The zero-order chi connectivity index (χ0) is 18.4. The molecule has 25 heavy (non-hydrogen) atoms. The van der Waals surface area contributed by atoms with Crippen molar-refractivity contribution in [2.75, 3.05) is 6.61 Å². The third-order valence-corrected chi connectivity index (χ3v) is 2.90. The van der Waals surface area contributed by atoms with Crippen LogP contribution in [0.4, 0.5) is 14.5 Å². The minimum Gasteiger partial charge on any atom is -0.484 e. The third-order valence-electron chi connectivity index (χ3n) is 2.90. The highest BCUT2D eigenvalue weighted by Crippen LogP contribution is 2.18. The zero-order valence-corrected chi connectivity index (χ0v) is 12.5. The molecule has 0 aromatic heterocycles. The first-order valence-electron chi connectivity index (χ1n) is 6.78. The molecule has 0 saturated heterocycles. The van der Waals surface area contributed by atoms with Crippen LogP contribution in [0, 0.1) is 21.7 Å². The number of nitrogens with one attached hydrogen (secondary N) is 2. The monoisotopic (exact) mass is 351 g/mol. The van der Waals surface area contributed by atoms with Gasteiger partial charge in [-0.25, -0.2) is 4.39 Å². The van der Waals surface area contributed by atoms with Gasteiger partial charge < -0.3 is 4.74 Å². The van der Waals surface area contributed by atoms with E-state index in [1.807, 2.05) is 10.9 Å². The van der Waals surface area contributed by atoms with E-state index in [9.17, 15) is 28.5 Å². The van der Waals surface area contributed by atoms with Crippen molar-refractivity contribution in [1.82, 2.24) is 10.9 Å². The lowest BCUT2D eigenvalue weighted by molar-refractivity contribution is -0.387. The molecule has 0 atom stereocenters. The number of hydrogen-bond acceptors (Lipinski definition) is 5. The standard InChI is InChI=1S/C15H11F2N3O5/c16-10-2-4-11(5-3-10)25-8-14(21)18-19-15(22)9-1-6-12(17)13(7-9)20(23)24/h1-7H,8H2,(H,18,21)(H,19,22). The van der Waals surface area contributed by atoms with Crippen LogP contribution in [0.2, 0.25) is 0 Å². The number of rotatable bonds is 5. The number of carbonyl (C=O) groups excluding carboxylic acids is 2. The Bertz CT molecular complexity index is 811. The Morgan fingerprint density at radius 3 is 2.40 bits per heavy atom. The predicted octanol–water partition coefficient (Wildman–Crippen LogP) is 1.71. The topological polar surface area (TPSA) is 111 Å². The van der Waals surface area contributed by atoms with Crippen molar-refractivity contribution in [3.63, 3.8) is 0 Å². The molecule has 2 amide bonds. The molecule has 0 spiro atoms. The molecule has 0 saturated carbocycles. The molecule has 8 nitrogen and oxygen atoms in total. The third kappa shape index (κ3) is 4.96. The van der Waals surface area contributed by atoms with Gasteiger partial charge in [-0.15, -0.1) is 0 Å². The fourth-order valence-electron chi connectivity index (χ4n) is 1.71. The van der Waals surface area contributed by atoms with Gasteiger partial charge >= 0.3 is 5.69 Å². The molecule has 0 radical (unpaired) electrons. The second-order valence-electron chi connectivity index (χ2n) is 4.67. The molecule has 2 N–H and O–H groups in total. The van der Waals surface area contributed by atoms with E-state index in [1.54, 1.807) is 0 Å². The lowest BCUT2D eigenvalue weighted by Gasteiger charge is -2.09. The number of halogens is 2. The summed E-state index contributed by atoms with van der Waals surface area (Å²) in [6.07, 6.45) is 0. The van der Waals surface area contributed by atoms with Crippen LogP contribution < -0.4 is 15.6 Å². The molecule has 130 valence electrons. The van der Waals surface area contributed by atoms with Crippen LogP contribution in [0.1, 0.15) is 10.4 Å². The maximum atomic E-state index is 13.2. The molecule has 2 rings (SSSR count). The molecular weight excluding hydrogens is 340 g/mol. The van der Waals surface area contributed by atoms with Crippen molar-refractivity contribution in [3.05, 3.63) is 69.8 Å². The van der Waals surface area contributed by atoms with Gasteiger partial charge in [0.25, 0.3) is 11.8 Å². The minimum atomic E-state index is -1.08. The fraction of sp³-hybridized carbons (Fsp3) is 0.0667. The van der Waals surface area contributed by atoms with Crippen LogP contribution in [0.5, 0.6) is 5.75 Å². The lowest BCUT2D eigenvalue weighted by atomic mass is 10.2. The first-order valence-corrected chi connectivity index (χ1v) is 6.78. The minimum absolute atomic E-state index is 0.215. The number of amides is 2. The summed E-state index contributed by atoms with van der Waals surface area (Å²) in [6, 6.07) is 7.47. The summed E-state index contributed by atoms with van der Waals surface area (Å²) in [7, 11) is 0. The largest absolute Gasteiger partial charge is 0.484 e. The van der Waals surface area contributed by atoms with Gasteiger partial charge in [-0.2, -0.15) is 4.39 Å². The van der Waals surface area contributed by atoms with Crippen LogP contribution in [-0.2, 0) is 4.79 Å². The Hall–Kier alpha value is -3.56. The molecule has 0 unspecified atom stereocenters. The van der Waals surface area contributed by atoms with E-state index in [0.717, 1.165) is 30.3 Å². The highest BCUT2D eigenvalue weighted by molar-refractivity contribution is 5.96. The SMILES string of the molecule is O=C(COc1ccc(F)cc1)NNC(=O)c1ccc(F)c([N+](=O)[O-])c1. The quantitative estimate of drug-likeness (QED) is 0.629. The van der Waals surface area contributed by atoms with Gasteiger partial charge in [0.2, 0.25) is 5.82 Å². The van der Waals surface area contributed by atoms with Crippen LogP contribution in [-0.4, -0.2) is 23.3 Å². The first-order chi connectivity index (χ1) is 11.9. The van der Waals surface area contributed by atoms with Crippen LogP contribution in [0.3, 0.4) is 0 Å². The summed E-state index contributed by atoms with van der Waals surface area (Å²) in [4.78, 5) is 33.0. The van der Waals surface area contributed by atoms with E-state index < -0.39 is 40.7 Å². The number of hydrogen-bond donors (Lipinski definition) is 2. The molecule has 0 bridgehead atoms. The maximum Gasteiger partial charge on any atom is 0.305 e. The number of nitro benzene ring substituents is 1. The molecule has 2 aromatic rings. The summed E-state index contributed by atoms with van der Waals surface area (Å²) in [5, 5.41) is 10.6. The van der Waals surface area contributed by atoms with Crippen molar-refractivity contribution in [2.45, 2.75) is 0 Å². The number of ether oxygens (including phenoxy) is 1. The normalized spacial score (nSPS) is 10.0. The molecule has 0 aliphatic heterocycles. The number of carbonyl (C=O) groups is 2. The van der Waals surface area contributed by atoms with Crippen molar-refractivity contribution in [2.24, 2.45) is 0 Å². The molecule has 10 heteroatoms.